The first-order valence-electron chi connectivity index (χ1n) is 16.9. The molecule has 1 heterocycles. The number of thiophene rings is 1. The maximum atomic E-state index is 2.52. The van der Waals surface area contributed by atoms with Gasteiger partial charge in [-0.2, -0.15) is 0 Å². The summed E-state index contributed by atoms with van der Waals surface area (Å²) in [6.45, 7) is 9.48. The highest BCUT2D eigenvalue weighted by Gasteiger charge is 2.39. The van der Waals surface area contributed by atoms with Gasteiger partial charge in [-0.05, 0) is 92.2 Å². The van der Waals surface area contributed by atoms with Crippen molar-refractivity contribution in [3.05, 3.63) is 162 Å². The van der Waals surface area contributed by atoms with Gasteiger partial charge in [0.25, 0.3) is 0 Å². The molecule has 2 aliphatic carbocycles. The lowest BCUT2D eigenvalue weighted by atomic mass is 9.82. The molecule has 0 amide bonds. The molecule has 8 aromatic rings. The van der Waals surface area contributed by atoms with E-state index in [1.165, 1.54) is 92.5 Å². The van der Waals surface area contributed by atoms with Crippen molar-refractivity contribution >= 4 is 59.3 Å². The van der Waals surface area contributed by atoms with Gasteiger partial charge in [-0.15, -0.1) is 11.3 Å². The van der Waals surface area contributed by atoms with Gasteiger partial charge in [0.05, 0.1) is 5.69 Å². The largest absolute Gasteiger partial charge is 0.310 e. The summed E-state index contributed by atoms with van der Waals surface area (Å²) in [5.41, 5.74) is 14.3. The first kappa shape index (κ1) is 27.9. The van der Waals surface area contributed by atoms with Crippen molar-refractivity contribution in [1.82, 2.24) is 0 Å². The van der Waals surface area contributed by atoms with Gasteiger partial charge in [0.1, 0.15) is 0 Å². The first-order chi connectivity index (χ1) is 23.3. The molecule has 0 saturated heterocycles. The van der Waals surface area contributed by atoms with Gasteiger partial charge in [0.15, 0.2) is 0 Å². The predicted molar refractivity (Wildman–Crippen MR) is 207 cm³/mol. The molecule has 2 heteroatoms. The second-order valence-corrected chi connectivity index (χ2v) is 15.6. The van der Waals surface area contributed by atoms with Gasteiger partial charge < -0.3 is 4.90 Å². The van der Waals surface area contributed by atoms with E-state index in [4.69, 9.17) is 0 Å². The summed E-state index contributed by atoms with van der Waals surface area (Å²) < 4.78 is 2.68. The molecule has 10 rings (SSSR count). The molecule has 0 radical (unpaired) electrons. The van der Waals surface area contributed by atoms with Crippen molar-refractivity contribution < 1.29 is 0 Å². The minimum Gasteiger partial charge on any atom is -0.310 e. The van der Waals surface area contributed by atoms with Crippen molar-refractivity contribution in [3.8, 4) is 22.3 Å². The van der Waals surface area contributed by atoms with Gasteiger partial charge >= 0.3 is 0 Å². The molecule has 7 aromatic carbocycles. The zero-order chi connectivity index (χ0) is 32.4. The normalized spacial score (nSPS) is 15.0. The number of nitrogens with zero attached hydrogens (tertiary/aromatic N) is 1. The number of fused-ring (bicyclic) bond motifs is 11. The van der Waals surface area contributed by atoms with E-state index in [1.54, 1.807) is 0 Å². The van der Waals surface area contributed by atoms with E-state index < -0.39 is 0 Å². The lowest BCUT2D eigenvalue weighted by Gasteiger charge is -2.30. The van der Waals surface area contributed by atoms with E-state index >= 15 is 0 Å². The Morgan fingerprint density at radius 3 is 1.96 bits per heavy atom. The third-order valence-corrected chi connectivity index (χ3v) is 12.4. The molecule has 230 valence electrons. The molecule has 0 atom stereocenters. The van der Waals surface area contributed by atoms with E-state index in [0.29, 0.717) is 0 Å². The average Bonchev–Trinajstić information content (AvgIpc) is 3.69. The fourth-order valence-electron chi connectivity index (χ4n) is 8.86. The zero-order valence-electron chi connectivity index (χ0n) is 27.6. The summed E-state index contributed by atoms with van der Waals surface area (Å²) >= 11 is 1.88. The van der Waals surface area contributed by atoms with Gasteiger partial charge in [-0.3, -0.25) is 0 Å². The maximum absolute atomic E-state index is 2.52. The summed E-state index contributed by atoms with van der Waals surface area (Å²) in [4.78, 5) is 2.52. The molecule has 1 aromatic heterocycles. The van der Waals surface area contributed by atoms with Crippen LogP contribution in [0.1, 0.15) is 49.9 Å². The molecular formula is C46H35NS. The van der Waals surface area contributed by atoms with Crippen molar-refractivity contribution in [1.29, 1.82) is 0 Å². The molecule has 0 fully saturated rings. The quantitative estimate of drug-likeness (QED) is 0.187. The van der Waals surface area contributed by atoms with E-state index in [1.807, 2.05) is 11.3 Å². The van der Waals surface area contributed by atoms with Gasteiger partial charge in [0.2, 0.25) is 0 Å². The van der Waals surface area contributed by atoms with Crippen LogP contribution in [0.2, 0.25) is 0 Å². The van der Waals surface area contributed by atoms with Gasteiger partial charge in [0, 0.05) is 47.9 Å². The van der Waals surface area contributed by atoms with E-state index in [2.05, 4.69) is 172 Å². The Balaban J connectivity index is 1.24. The maximum Gasteiger partial charge on any atom is 0.0543 e. The van der Waals surface area contributed by atoms with Crippen LogP contribution in [0.15, 0.2) is 140 Å². The van der Waals surface area contributed by atoms with Crippen LogP contribution in [-0.2, 0) is 10.8 Å². The Kier molecular flexibility index (Phi) is 5.63. The molecule has 0 bridgehead atoms. The highest BCUT2D eigenvalue weighted by molar-refractivity contribution is 7.26. The summed E-state index contributed by atoms with van der Waals surface area (Å²) in [6.07, 6.45) is 0. The fraction of sp³-hybridized carbons (Fsp3) is 0.130. The van der Waals surface area contributed by atoms with E-state index in [0.717, 1.165) is 0 Å². The average molecular weight is 634 g/mol. The number of rotatable bonds is 3. The molecule has 1 nitrogen and oxygen atoms in total. The van der Waals surface area contributed by atoms with Crippen LogP contribution in [0.4, 0.5) is 17.1 Å². The van der Waals surface area contributed by atoms with Crippen LogP contribution in [-0.4, -0.2) is 0 Å². The Hall–Kier alpha value is -5.18. The molecule has 0 aliphatic heterocycles. The summed E-state index contributed by atoms with van der Waals surface area (Å²) in [7, 11) is 0. The lowest BCUT2D eigenvalue weighted by molar-refractivity contribution is 0.660. The molecule has 48 heavy (non-hydrogen) atoms. The molecule has 0 unspecified atom stereocenters. The van der Waals surface area contributed by atoms with Crippen LogP contribution in [0.5, 0.6) is 0 Å². The lowest BCUT2D eigenvalue weighted by Crippen LogP contribution is -2.17. The van der Waals surface area contributed by atoms with Crippen molar-refractivity contribution in [3.63, 3.8) is 0 Å². The van der Waals surface area contributed by atoms with E-state index in [-0.39, 0.29) is 10.8 Å². The van der Waals surface area contributed by atoms with Gasteiger partial charge in [-0.1, -0.05) is 125 Å². The SMILES string of the molecule is CC1(C)c2ccccc2-c2ccc(N(c3ccc4c(ccc5sc6ccccc6c54)c3)c3cccc4c3-c3ccccc3C4(C)C)cc21. The Morgan fingerprint density at radius 1 is 0.458 bits per heavy atom. The predicted octanol–water partition coefficient (Wildman–Crippen LogP) is 13.3. The Labute approximate surface area is 285 Å². The van der Waals surface area contributed by atoms with Crippen LogP contribution < -0.4 is 4.90 Å². The topological polar surface area (TPSA) is 3.24 Å². The molecule has 0 spiro atoms. The fourth-order valence-corrected chi connectivity index (χ4v) is 9.98. The number of anilines is 3. The monoisotopic (exact) mass is 633 g/mol. The minimum absolute atomic E-state index is 0.0792. The van der Waals surface area contributed by atoms with Crippen LogP contribution >= 0.6 is 11.3 Å². The third kappa shape index (κ3) is 3.67. The molecule has 2 aliphatic rings. The highest BCUT2D eigenvalue weighted by atomic mass is 32.1. The molecular weight excluding hydrogens is 599 g/mol. The third-order valence-electron chi connectivity index (χ3n) is 11.3. The van der Waals surface area contributed by atoms with Gasteiger partial charge in [-0.25, -0.2) is 0 Å². The molecule has 0 saturated carbocycles. The second kappa shape index (κ2) is 9.69. The number of hydrogen-bond acceptors (Lipinski definition) is 2. The van der Waals surface area contributed by atoms with Crippen molar-refractivity contribution in [2.75, 3.05) is 4.90 Å². The van der Waals surface area contributed by atoms with Crippen LogP contribution in [0, 0.1) is 0 Å². The highest BCUT2D eigenvalue weighted by Crippen LogP contribution is 2.56. The van der Waals surface area contributed by atoms with Crippen LogP contribution in [0.25, 0.3) is 53.2 Å². The molecule has 0 N–H and O–H groups in total. The second-order valence-electron chi connectivity index (χ2n) is 14.5. The number of benzene rings is 7. The number of hydrogen-bond donors (Lipinski definition) is 0. The standard InChI is InChI=1S/C46H35NS/c1-45(2)37-16-9-6-13-34(37)44-38(45)17-11-18-40(44)47(30-22-24-33-32-12-5-8-15-36(32)46(3,4)39(33)27-30)29-21-23-31-28(26-29)20-25-42-43(31)35-14-7-10-19-41(35)48-42/h5-27H,1-4H3. The first-order valence-corrected chi connectivity index (χ1v) is 17.8. The van der Waals surface area contributed by atoms with Crippen LogP contribution in [0.3, 0.4) is 0 Å². The van der Waals surface area contributed by atoms with Crippen molar-refractivity contribution in [2.24, 2.45) is 0 Å². The summed E-state index contributed by atoms with van der Waals surface area (Å²) in [5.74, 6) is 0. The smallest absolute Gasteiger partial charge is 0.0543 e. The zero-order valence-corrected chi connectivity index (χ0v) is 28.5. The Morgan fingerprint density at radius 2 is 1.10 bits per heavy atom. The summed E-state index contributed by atoms with van der Waals surface area (Å²) in [5, 5.41) is 5.27. The summed E-state index contributed by atoms with van der Waals surface area (Å²) in [6, 6.07) is 52.5. The van der Waals surface area contributed by atoms with Crippen molar-refractivity contribution in [2.45, 2.75) is 38.5 Å². The minimum atomic E-state index is -0.0875. The Bertz CT molecular complexity index is 2630. The van der Waals surface area contributed by atoms with E-state index in [9.17, 15) is 0 Å².